The summed E-state index contributed by atoms with van der Waals surface area (Å²) in [7, 11) is 0. The van der Waals surface area contributed by atoms with Gasteiger partial charge in [-0.3, -0.25) is 4.79 Å². The minimum absolute atomic E-state index is 0. The average Bonchev–Trinajstić information content (AvgIpc) is 2.59. The molecule has 1 heterocycles. The summed E-state index contributed by atoms with van der Waals surface area (Å²) in [4.78, 5) is 18.8. The molecule has 1 aromatic rings. The molecule has 1 aliphatic heterocycles. The summed E-state index contributed by atoms with van der Waals surface area (Å²) in [6.45, 7) is 8.74. The van der Waals surface area contributed by atoms with E-state index in [1.54, 1.807) is 0 Å². The van der Waals surface area contributed by atoms with Gasteiger partial charge in [-0.25, -0.2) is 4.99 Å². The van der Waals surface area contributed by atoms with E-state index in [1.165, 1.54) is 0 Å². The van der Waals surface area contributed by atoms with Crippen LogP contribution in [0.15, 0.2) is 29.3 Å². The highest BCUT2D eigenvalue weighted by molar-refractivity contribution is 14.0. The van der Waals surface area contributed by atoms with E-state index >= 15 is 0 Å². The van der Waals surface area contributed by atoms with Crippen LogP contribution in [0.25, 0.3) is 0 Å². The van der Waals surface area contributed by atoms with E-state index in [-0.39, 0.29) is 42.1 Å². The van der Waals surface area contributed by atoms with Gasteiger partial charge in [0.25, 0.3) is 5.91 Å². The zero-order chi connectivity index (χ0) is 18.2. The molecular weight excluding hydrogens is 443 g/mol. The summed E-state index contributed by atoms with van der Waals surface area (Å²) in [6, 6.07) is 7.59. The van der Waals surface area contributed by atoms with Gasteiger partial charge in [0.1, 0.15) is 0 Å². The Morgan fingerprint density at radius 3 is 2.46 bits per heavy atom. The molecule has 0 radical (unpaired) electrons. The zero-order valence-corrected chi connectivity index (χ0v) is 18.2. The van der Waals surface area contributed by atoms with Gasteiger partial charge in [0, 0.05) is 25.2 Å². The zero-order valence-electron chi connectivity index (χ0n) is 15.9. The first-order valence-electron chi connectivity index (χ1n) is 9.07. The number of benzene rings is 1. The molecule has 3 N–H and O–H groups in total. The number of nitrogens with zero attached hydrogens (tertiary/aromatic N) is 2. The number of unbranched alkanes of at least 4 members (excludes halogenated alkanes) is 1. The summed E-state index contributed by atoms with van der Waals surface area (Å²) in [5.41, 5.74) is 7.56. The lowest BCUT2D eigenvalue weighted by molar-refractivity contribution is -0.0586. The third-order valence-corrected chi connectivity index (χ3v) is 4.18. The number of carbonyl (C=O) groups is 1. The Balaban J connectivity index is 0.00000338. The van der Waals surface area contributed by atoms with Gasteiger partial charge in [0.15, 0.2) is 5.96 Å². The van der Waals surface area contributed by atoms with E-state index < -0.39 is 0 Å². The summed E-state index contributed by atoms with van der Waals surface area (Å²) in [5.74, 6) is 0.516. The molecule has 0 bridgehead atoms. The number of carbonyl (C=O) groups excluding carboxylic acids is 1. The third-order valence-electron chi connectivity index (χ3n) is 4.18. The molecule has 146 valence electrons. The first-order chi connectivity index (χ1) is 12.0. The van der Waals surface area contributed by atoms with Crippen LogP contribution >= 0.6 is 24.0 Å². The van der Waals surface area contributed by atoms with E-state index in [9.17, 15) is 4.79 Å². The van der Waals surface area contributed by atoms with Crippen molar-refractivity contribution >= 4 is 35.8 Å². The van der Waals surface area contributed by atoms with Crippen LogP contribution in [-0.4, -0.2) is 48.6 Å². The average molecular weight is 474 g/mol. The predicted molar refractivity (Wildman–Crippen MR) is 116 cm³/mol. The monoisotopic (exact) mass is 474 g/mol. The van der Waals surface area contributed by atoms with Crippen LogP contribution in [0.5, 0.6) is 0 Å². The Hall–Kier alpha value is -1.35. The first-order valence-corrected chi connectivity index (χ1v) is 9.07. The number of ether oxygens (including phenoxy) is 1. The van der Waals surface area contributed by atoms with Crippen molar-refractivity contribution in [2.45, 2.75) is 52.4 Å². The van der Waals surface area contributed by atoms with Gasteiger partial charge in [-0.2, -0.15) is 0 Å². The Kier molecular flexibility index (Phi) is 9.93. The number of hydrogen-bond donors (Lipinski definition) is 2. The van der Waals surface area contributed by atoms with E-state index in [4.69, 9.17) is 10.5 Å². The van der Waals surface area contributed by atoms with Crippen LogP contribution in [-0.2, 0) is 11.3 Å². The lowest BCUT2D eigenvalue weighted by Crippen LogP contribution is -2.48. The van der Waals surface area contributed by atoms with E-state index in [0.717, 1.165) is 24.9 Å². The van der Waals surface area contributed by atoms with Crippen molar-refractivity contribution in [1.82, 2.24) is 10.2 Å². The van der Waals surface area contributed by atoms with Crippen molar-refractivity contribution in [2.75, 3.05) is 19.6 Å². The molecule has 0 spiro atoms. The molecular formula is C19H31IN4O2. The van der Waals surface area contributed by atoms with Gasteiger partial charge in [0.05, 0.1) is 18.8 Å². The lowest BCUT2D eigenvalue weighted by atomic mass is 10.1. The molecule has 26 heavy (non-hydrogen) atoms. The Bertz CT molecular complexity index is 582. The fourth-order valence-corrected chi connectivity index (χ4v) is 2.90. The van der Waals surface area contributed by atoms with Gasteiger partial charge in [-0.15, -0.1) is 24.0 Å². The number of nitrogens with two attached hydrogens (primary N) is 1. The second-order valence-corrected chi connectivity index (χ2v) is 6.65. The predicted octanol–water partition coefficient (Wildman–Crippen LogP) is 2.76. The topological polar surface area (TPSA) is 79.9 Å². The summed E-state index contributed by atoms with van der Waals surface area (Å²) < 4.78 is 5.68. The van der Waals surface area contributed by atoms with Crippen molar-refractivity contribution in [3.05, 3.63) is 35.4 Å². The number of aliphatic imine (C=N–C) groups is 1. The molecule has 1 aromatic carbocycles. The van der Waals surface area contributed by atoms with E-state index in [2.05, 4.69) is 17.2 Å². The van der Waals surface area contributed by atoms with Crippen LogP contribution in [0.4, 0.5) is 0 Å². The normalized spacial score (nSPS) is 20.4. The minimum atomic E-state index is 0. The maximum atomic E-state index is 12.6. The van der Waals surface area contributed by atoms with Crippen LogP contribution < -0.4 is 11.1 Å². The first kappa shape index (κ1) is 22.7. The Morgan fingerprint density at radius 2 is 1.88 bits per heavy atom. The molecule has 0 aliphatic carbocycles. The lowest BCUT2D eigenvalue weighted by Gasteiger charge is -2.35. The smallest absolute Gasteiger partial charge is 0.254 e. The minimum Gasteiger partial charge on any atom is -0.372 e. The summed E-state index contributed by atoms with van der Waals surface area (Å²) >= 11 is 0. The third kappa shape index (κ3) is 7.11. The number of guanidine groups is 1. The standard InChI is InChI=1S/C19H30N4O2.HI/c1-4-5-10-21-19(20)22-11-16-6-8-17(9-7-16)18(24)23-12-14(2)25-15(3)13-23;/h6-9,14-15H,4-5,10-13H2,1-3H3,(H3,20,21,22);1H. The second-order valence-electron chi connectivity index (χ2n) is 6.65. The molecule has 0 saturated carbocycles. The molecule has 1 amide bonds. The highest BCUT2D eigenvalue weighted by Gasteiger charge is 2.26. The number of halogens is 1. The van der Waals surface area contributed by atoms with E-state index in [0.29, 0.717) is 31.2 Å². The van der Waals surface area contributed by atoms with Crippen LogP contribution in [0.1, 0.15) is 49.5 Å². The largest absolute Gasteiger partial charge is 0.372 e. The van der Waals surface area contributed by atoms with Crippen LogP contribution in [0.3, 0.4) is 0 Å². The van der Waals surface area contributed by atoms with Gasteiger partial charge in [-0.05, 0) is 38.0 Å². The second kappa shape index (κ2) is 11.4. The molecule has 2 rings (SSSR count). The van der Waals surface area contributed by atoms with Crippen molar-refractivity contribution in [3.63, 3.8) is 0 Å². The number of amides is 1. The number of morpholine rings is 1. The Morgan fingerprint density at radius 1 is 1.27 bits per heavy atom. The maximum absolute atomic E-state index is 12.6. The van der Waals surface area contributed by atoms with Crippen molar-refractivity contribution < 1.29 is 9.53 Å². The highest BCUT2D eigenvalue weighted by Crippen LogP contribution is 2.15. The fourth-order valence-electron chi connectivity index (χ4n) is 2.90. The highest BCUT2D eigenvalue weighted by atomic mass is 127. The van der Waals surface area contributed by atoms with Gasteiger partial charge in [-0.1, -0.05) is 25.5 Å². The molecule has 1 fully saturated rings. The fraction of sp³-hybridized carbons (Fsp3) is 0.579. The van der Waals surface area contributed by atoms with Crippen molar-refractivity contribution in [3.8, 4) is 0 Å². The van der Waals surface area contributed by atoms with Crippen LogP contribution in [0, 0.1) is 0 Å². The number of hydrogen-bond acceptors (Lipinski definition) is 3. The van der Waals surface area contributed by atoms with Gasteiger partial charge < -0.3 is 20.7 Å². The van der Waals surface area contributed by atoms with Crippen LogP contribution in [0.2, 0.25) is 0 Å². The number of rotatable bonds is 6. The van der Waals surface area contributed by atoms with Crippen molar-refractivity contribution in [2.24, 2.45) is 10.7 Å². The van der Waals surface area contributed by atoms with E-state index in [1.807, 2.05) is 43.0 Å². The van der Waals surface area contributed by atoms with Gasteiger partial charge >= 0.3 is 0 Å². The molecule has 1 aliphatic rings. The molecule has 1 saturated heterocycles. The molecule has 7 heteroatoms. The molecule has 2 unspecified atom stereocenters. The quantitative estimate of drug-likeness (QED) is 0.288. The SMILES string of the molecule is CCCCNC(N)=NCc1ccc(C(=O)N2CC(C)OC(C)C2)cc1.I. The van der Waals surface area contributed by atoms with Crippen molar-refractivity contribution in [1.29, 1.82) is 0 Å². The molecule has 2 atom stereocenters. The molecule has 0 aromatic heterocycles. The summed E-state index contributed by atoms with van der Waals surface area (Å²) in [6.07, 6.45) is 2.34. The number of nitrogens with one attached hydrogen (secondary N) is 1. The molecule has 6 nitrogen and oxygen atoms in total. The van der Waals surface area contributed by atoms with Gasteiger partial charge in [0.2, 0.25) is 0 Å². The summed E-state index contributed by atoms with van der Waals surface area (Å²) in [5, 5.41) is 3.09. The Labute approximate surface area is 173 Å². The maximum Gasteiger partial charge on any atom is 0.254 e.